The van der Waals surface area contributed by atoms with Crippen LogP contribution in [0.5, 0.6) is 0 Å². The number of piperidine rings is 1. The Labute approximate surface area is 173 Å². The number of carbonyl (C=O) groups excluding carboxylic acids is 1. The third-order valence-corrected chi connectivity index (χ3v) is 5.61. The number of amides is 1. The van der Waals surface area contributed by atoms with Crippen molar-refractivity contribution < 1.29 is 9.42 Å². The van der Waals surface area contributed by atoms with Gasteiger partial charge >= 0.3 is 0 Å². The predicted molar refractivity (Wildman–Crippen MR) is 112 cm³/mol. The van der Waals surface area contributed by atoms with Crippen LogP contribution in [0.25, 0.3) is 11.0 Å². The third kappa shape index (κ3) is 3.69. The molecule has 2 aromatic heterocycles. The third-order valence-electron chi connectivity index (χ3n) is 5.61. The Morgan fingerprint density at radius 2 is 1.87 bits per heavy atom. The molecule has 152 valence electrons. The van der Waals surface area contributed by atoms with Gasteiger partial charge in [-0.3, -0.25) is 9.69 Å². The Bertz CT molecular complexity index is 1140. The van der Waals surface area contributed by atoms with Gasteiger partial charge in [-0.15, -0.1) is 0 Å². The molecule has 1 amide bonds. The molecule has 8 heteroatoms. The van der Waals surface area contributed by atoms with Gasteiger partial charge in [-0.1, -0.05) is 30.3 Å². The summed E-state index contributed by atoms with van der Waals surface area (Å²) < 4.78 is 6.82. The highest BCUT2D eigenvalue weighted by Gasteiger charge is 2.24. The van der Waals surface area contributed by atoms with Crippen LogP contribution in [0.1, 0.15) is 34.8 Å². The Hall–Kier alpha value is -3.52. The van der Waals surface area contributed by atoms with Crippen LogP contribution in [-0.2, 0) is 6.54 Å². The molecule has 0 spiro atoms. The van der Waals surface area contributed by atoms with E-state index in [0.717, 1.165) is 54.9 Å². The molecule has 0 atom stereocenters. The van der Waals surface area contributed by atoms with Crippen molar-refractivity contribution >= 4 is 22.8 Å². The first-order chi connectivity index (χ1) is 14.8. The van der Waals surface area contributed by atoms with Crippen molar-refractivity contribution in [2.45, 2.75) is 25.4 Å². The lowest BCUT2D eigenvalue weighted by Crippen LogP contribution is -2.35. The first-order valence-electron chi connectivity index (χ1n) is 10.1. The number of hydrogen-bond acceptors (Lipinski definition) is 6. The van der Waals surface area contributed by atoms with Gasteiger partial charge in [0.15, 0.2) is 0 Å². The predicted octanol–water partition coefficient (Wildman–Crippen LogP) is 3.51. The molecule has 30 heavy (non-hydrogen) atoms. The molecular formula is C22H22N6O2. The number of rotatable bonds is 5. The van der Waals surface area contributed by atoms with Gasteiger partial charge in [0.05, 0.1) is 12.2 Å². The minimum atomic E-state index is -0.121. The average Bonchev–Trinajstić information content (AvgIpc) is 3.45. The van der Waals surface area contributed by atoms with Gasteiger partial charge < -0.3 is 5.32 Å². The second-order valence-corrected chi connectivity index (χ2v) is 7.54. The Morgan fingerprint density at radius 3 is 2.70 bits per heavy atom. The average molecular weight is 402 g/mol. The highest BCUT2D eigenvalue weighted by atomic mass is 16.6. The van der Waals surface area contributed by atoms with Gasteiger partial charge in [0.1, 0.15) is 16.9 Å². The lowest BCUT2D eigenvalue weighted by molar-refractivity contribution is 0.102. The monoisotopic (exact) mass is 402 g/mol. The molecule has 0 radical (unpaired) electrons. The fraction of sp³-hybridized carbons (Fsp3) is 0.273. The topological polar surface area (TPSA) is 89.1 Å². The van der Waals surface area contributed by atoms with E-state index in [1.807, 2.05) is 41.1 Å². The maximum absolute atomic E-state index is 12.5. The van der Waals surface area contributed by atoms with Gasteiger partial charge in [0.25, 0.3) is 5.91 Å². The first-order valence-corrected chi connectivity index (χ1v) is 10.1. The van der Waals surface area contributed by atoms with Crippen molar-refractivity contribution in [2.24, 2.45) is 0 Å². The molecule has 1 fully saturated rings. The lowest BCUT2D eigenvalue weighted by Gasteiger charge is -2.32. The zero-order chi connectivity index (χ0) is 20.3. The zero-order valence-corrected chi connectivity index (χ0v) is 16.4. The van der Waals surface area contributed by atoms with Gasteiger partial charge in [0, 0.05) is 31.3 Å². The van der Waals surface area contributed by atoms with Gasteiger partial charge in [-0.25, -0.2) is 9.31 Å². The molecule has 2 aromatic carbocycles. The Morgan fingerprint density at radius 1 is 1.03 bits per heavy atom. The summed E-state index contributed by atoms with van der Waals surface area (Å²) in [7, 11) is 0. The molecule has 1 N–H and O–H groups in total. The van der Waals surface area contributed by atoms with Gasteiger partial charge in [0.2, 0.25) is 0 Å². The number of aromatic nitrogens is 4. The number of benzene rings is 2. The molecule has 0 saturated carbocycles. The van der Waals surface area contributed by atoms with Crippen LogP contribution < -0.4 is 5.32 Å². The molecule has 1 aliphatic rings. The van der Waals surface area contributed by atoms with E-state index >= 15 is 0 Å². The number of fused-ring (bicyclic) bond motifs is 1. The van der Waals surface area contributed by atoms with Crippen LogP contribution in [0, 0.1) is 0 Å². The lowest BCUT2D eigenvalue weighted by atomic mass is 10.0. The smallest absolute Gasteiger partial charge is 0.256 e. The summed E-state index contributed by atoms with van der Waals surface area (Å²) in [6.07, 6.45) is 3.66. The number of anilines is 1. The van der Waals surface area contributed by atoms with Crippen molar-refractivity contribution in [3.63, 3.8) is 0 Å². The van der Waals surface area contributed by atoms with Crippen LogP contribution in [0.15, 0.2) is 65.4 Å². The molecule has 8 nitrogen and oxygen atoms in total. The SMILES string of the molecule is O=C(Nc1ccnn1C1CCN(Cc2cccc3nonc23)CC1)c1ccccc1. The van der Waals surface area contributed by atoms with Crippen molar-refractivity contribution in [3.8, 4) is 0 Å². The van der Waals surface area contributed by atoms with Crippen LogP contribution in [0.3, 0.4) is 0 Å². The van der Waals surface area contributed by atoms with Crippen molar-refractivity contribution in [3.05, 3.63) is 71.9 Å². The van der Waals surface area contributed by atoms with E-state index < -0.39 is 0 Å². The number of carbonyl (C=O) groups is 1. The zero-order valence-electron chi connectivity index (χ0n) is 16.4. The van der Waals surface area contributed by atoms with Crippen molar-refractivity contribution in [1.29, 1.82) is 0 Å². The number of likely N-dealkylation sites (tertiary alicyclic amines) is 1. The van der Waals surface area contributed by atoms with Crippen molar-refractivity contribution in [2.75, 3.05) is 18.4 Å². The second-order valence-electron chi connectivity index (χ2n) is 7.54. The van der Waals surface area contributed by atoms with E-state index in [-0.39, 0.29) is 11.9 Å². The second kappa shape index (κ2) is 8.08. The summed E-state index contributed by atoms with van der Waals surface area (Å²) in [6, 6.07) is 17.3. The van der Waals surface area contributed by atoms with Crippen molar-refractivity contribution in [1.82, 2.24) is 25.0 Å². The summed E-state index contributed by atoms with van der Waals surface area (Å²) in [5.41, 5.74) is 3.38. The summed E-state index contributed by atoms with van der Waals surface area (Å²) in [5, 5.41) is 15.4. The Kier molecular flexibility index (Phi) is 4.98. The normalized spacial score (nSPS) is 15.5. The number of nitrogens with zero attached hydrogens (tertiary/aromatic N) is 5. The molecule has 1 aliphatic heterocycles. The summed E-state index contributed by atoms with van der Waals surface area (Å²) in [4.78, 5) is 14.9. The first kappa shape index (κ1) is 18.5. The summed E-state index contributed by atoms with van der Waals surface area (Å²) >= 11 is 0. The van der Waals surface area contributed by atoms with E-state index in [1.165, 1.54) is 0 Å². The molecule has 5 rings (SSSR count). The van der Waals surface area contributed by atoms with Crippen LogP contribution >= 0.6 is 0 Å². The largest absolute Gasteiger partial charge is 0.307 e. The molecule has 0 unspecified atom stereocenters. The highest BCUT2D eigenvalue weighted by Crippen LogP contribution is 2.27. The van der Waals surface area contributed by atoms with E-state index in [0.29, 0.717) is 5.56 Å². The quantitative estimate of drug-likeness (QED) is 0.550. The minimum Gasteiger partial charge on any atom is -0.307 e. The molecule has 1 saturated heterocycles. The minimum absolute atomic E-state index is 0.121. The fourth-order valence-corrected chi connectivity index (χ4v) is 4.03. The molecule has 3 heterocycles. The van der Waals surface area contributed by atoms with E-state index in [1.54, 1.807) is 18.3 Å². The van der Waals surface area contributed by atoms with E-state index in [9.17, 15) is 4.79 Å². The molecule has 4 aromatic rings. The van der Waals surface area contributed by atoms with Gasteiger partial charge in [-0.05, 0) is 46.9 Å². The van der Waals surface area contributed by atoms with E-state index in [2.05, 4.69) is 31.7 Å². The van der Waals surface area contributed by atoms with Gasteiger partial charge in [-0.2, -0.15) is 5.10 Å². The molecule has 0 bridgehead atoms. The van der Waals surface area contributed by atoms with E-state index in [4.69, 9.17) is 4.63 Å². The molecule has 0 aliphatic carbocycles. The summed E-state index contributed by atoms with van der Waals surface area (Å²) in [6.45, 7) is 2.70. The Balaban J connectivity index is 1.23. The summed E-state index contributed by atoms with van der Waals surface area (Å²) in [5.74, 6) is 0.616. The van der Waals surface area contributed by atoms with Crippen LogP contribution in [0.4, 0.5) is 5.82 Å². The fourth-order valence-electron chi connectivity index (χ4n) is 4.03. The van der Waals surface area contributed by atoms with Crippen LogP contribution in [-0.4, -0.2) is 44.0 Å². The standard InChI is InChI=1S/C22H22N6O2/c29-22(16-5-2-1-3-6-16)24-20-9-12-23-28(20)18-10-13-27(14-11-18)15-17-7-4-8-19-21(17)26-30-25-19/h1-9,12,18H,10-11,13-15H2,(H,24,29). The number of nitrogens with one attached hydrogen (secondary N) is 1. The maximum atomic E-state index is 12.5. The van der Waals surface area contributed by atoms with Crippen LogP contribution in [0.2, 0.25) is 0 Å². The number of hydrogen-bond donors (Lipinski definition) is 1. The highest BCUT2D eigenvalue weighted by molar-refractivity contribution is 6.03. The maximum Gasteiger partial charge on any atom is 0.256 e. The molecular weight excluding hydrogens is 380 g/mol.